The monoisotopic (exact) mass is 450 g/mol. The molecule has 0 unspecified atom stereocenters. The standard InChI is InChI=1S/C28H23ClN4/c29-23-13-11-21(12-14-23)27-25-17-22-19-32(18-20-7-3-1-4-8-20)16-15-26(22)30-28(25)33(31-27)24-9-5-2-6-10-24/h1-14,17H,15-16,18-19H2. The van der Waals surface area contributed by atoms with E-state index in [4.69, 9.17) is 21.7 Å². The van der Waals surface area contributed by atoms with Crippen molar-refractivity contribution in [2.45, 2.75) is 19.5 Å². The van der Waals surface area contributed by atoms with E-state index in [1.807, 2.05) is 47.1 Å². The van der Waals surface area contributed by atoms with Crippen LogP contribution >= 0.6 is 11.6 Å². The minimum absolute atomic E-state index is 0.720. The van der Waals surface area contributed by atoms with Crippen LogP contribution < -0.4 is 0 Å². The van der Waals surface area contributed by atoms with Crippen molar-refractivity contribution in [2.24, 2.45) is 0 Å². The van der Waals surface area contributed by atoms with E-state index in [0.29, 0.717) is 0 Å². The Morgan fingerprint density at radius 2 is 1.58 bits per heavy atom. The Kier molecular flexibility index (Phi) is 5.17. The third-order valence-electron chi connectivity index (χ3n) is 6.25. The molecule has 0 aliphatic carbocycles. The lowest BCUT2D eigenvalue weighted by Gasteiger charge is -2.28. The number of hydrogen-bond acceptors (Lipinski definition) is 3. The number of nitrogens with zero attached hydrogens (tertiary/aromatic N) is 4. The number of benzene rings is 3. The van der Waals surface area contributed by atoms with Gasteiger partial charge in [-0.15, -0.1) is 0 Å². The van der Waals surface area contributed by atoms with Crippen LogP contribution in [0.15, 0.2) is 91.0 Å². The molecule has 1 aliphatic heterocycles. The molecule has 0 N–H and O–H groups in total. The van der Waals surface area contributed by atoms with Crippen molar-refractivity contribution in [3.05, 3.63) is 113 Å². The van der Waals surface area contributed by atoms with Gasteiger partial charge in [-0.05, 0) is 41.5 Å². The Balaban J connectivity index is 1.45. The van der Waals surface area contributed by atoms with Crippen molar-refractivity contribution in [3.63, 3.8) is 0 Å². The molecule has 0 saturated carbocycles. The Morgan fingerprint density at radius 1 is 0.848 bits per heavy atom. The number of pyridine rings is 1. The van der Waals surface area contributed by atoms with Crippen LogP contribution in [0.5, 0.6) is 0 Å². The third-order valence-corrected chi connectivity index (χ3v) is 6.50. The Morgan fingerprint density at radius 3 is 2.33 bits per heavy atom. The first-order valence-corrected chi connectivity index (χ1v) is 11.6. The molecule has 0 amide bonds. The van der Waals surface area contributed by atoms with Crippen molar-refractivity contribution in [3.8, 4) is 16.9 Å². The van der Waals surface area contributed by atoms with Crippen molar-refractivity contribution >= 4 is 22.6 Å². The lowest BCUT2D eigenvalue weighted by Crippen LogP contribution is -2.30. The number of halogens is 1. The lowest BCUT2D eigenvalue weighted by atomic mass is 10.0. The zero-order chi connectivity index (χ0) is 22.2. The summed E-state index contributed by atoms with van der Waals surface area (Å²) in [5.74, 6) is 0. The number of aromatic nitrogens is 3. The predicted octanol–water partition coefficient (Wildman–Crippen LogP) is 6.30. The van der Waals surface area contributed by atoms with E-state index in [1.54, 1.807) is 0 Å². The van der Waals surface area contributed by atoms with Gasteiger partial charge in [0.2, 0.25) is 0 Å². The Bertz CT molecular complexity index is 1410. The minimum atomic E-state index is 0.720. The van der Waals surface area contributed by atoms with Gasteiger partial charge in [0.15, 0.2) is 5.65 Å². The van der Waals surface area contributed by atoms with Gasteiger partial charge in [0.1, 0.15) is 5.69 Å². The zero-order valence-corrected chi connectivity index (χ0v) is 18.9. The van der Waals surface area contributed by atoms with Gasteiger partial charge in [0, 0.05) is 47.7 Å². The van der Waals surface area contributed by atoms with Crippen LogP contribution in [0.4, 0.5) is 0 Å². The highest BCUT2D eigenvalue weighted by molar-refractivity contribution is 6.30. The van der Waals surface area contributed by atoms with Gasteiger partial charge in [-0.3, -0.25) is 4.90 Å². The van der Waals surface area contributed by atoms with Gasteiger partial charge in [-0.1, -0.05) is 72.3 Å². The van der Waals surface area contributed by atoms with Crippen LogP contribution in [0.2, 0.25) is 5.02 Å². The summed E-state index contributed by atoms with van der Waals surface area (Å²) in [6.07, 6.45) is 0.939. The molecule has 162 valence electrons. The quantitative estimate of drug-likeness (QED) is 0.322. The SMILES string of the molecule is Clc1ccc(-c2nn(-c3ccccc3)c3nc4c(cc23)CN(Cc2ccccc2)CC4)cc1. The Labute approximate surface area is 198 Å². The van der Waals surface area contributed by atoms with E-state index in [9.17, 15) is 0 Å². The molecular formula is C28H23ClN4. The first-order valence-electron chi connectivity index (χ1n) is 11.2. The van der Waals surface area contributed by atoms with Gasteiger partial charge in [-0.25, -0.2) is 9.67 Å². The second-order valence-electron chi connectivity index (χ2n) is 8.51. The second kappa shape index (κ2) is 8.47. The molecule has 2 aromatic heterocycles. The number of hydrogen-bond donors (Lipinski definition) is 0. The maximum atomic E-state index is 6.15. The third kappa shape index (κ3) is 3.92. The lowest BCUT2D eigenvalue weighted by molar-refractivity contribution is 0.244. The molecule has 5 heteroatoms. The molecule has 5 aromatic rings. The van der Waals surface area contributed by atoms with Gasteiger partial charge in [0.25, 0.3) is 0 Å². The van der Waals surface area contributed by atoms with E-state index >= 15 is 0 Å². The van der Waals surface area contributed by atoms with Gasteiger partial charge >= 0.3 is 0 Å². The van der Waals surface area contributed by atoms with Crippen LogP contribution in [-0.4, -0.2) is 26.2 Å². The summed E-state index contributed by atoms with van der Waals surface area (Å²) in [6.45, 7) is 2.85. The molecule has 0 radical (unpaired) electrons. The van der Waals surface area contributed by atoms with Gasteiger partial charge < -0.3 is 0 Å². The molecule has 1 aliphatic rings. The minimum Gasteiger partial charge on any atom is -0.294 e. The molecule has 6 rings (SSSR count). The van der Waals surface area contributed by atoms with E-state index in [2.05, 4.69) is 53.4 Å². The summed E-state index contributed by atoms with van der Waals surface area (Å²) in [6, 6.07) is 31.1. The molecule has 33 heavy (non-hydrogen) atoms. The normalized spacial score (nSPS) is 13.8. The molecule has 0 saturated heterocycles. The smallest absolute Gasteiger partial charge is 0.163 e. The maximum Gasteiger partial charge on any atom is 0.163 e. The second-order valence-corrected chi connectivity index (χ2v) is 8.95. The fourth-order valence-corrected chi connectivity index (χ4v) is 4.73. The number of fused-ring (bicyclic) bond motifs is 2. The Hall–Kier alpha value is -3.47. The van der Waals surface area contributed by atoms with E-state index < -0.39 is 0 Å². The molecule has 0 fully saturated rings. The van der Waals surface area contributed by atoms with Crippen LogP contribution in [-0.2, 0) is 19.5 Å². The van der Waals surface area contributed by atoms with Crippen LogP contribution in [0, 0.1) is 0 Å². The van der Waals surface area contributed by atoms with Crippen LogP contribution in [0.25, 0.3) is 28.0 Å². The summed E-state index contributed by atoms with van der Waals surface area (Å²) < 4.78 is 1.97. The van der Waals surface area contributed by atoms with Crippen molar-refractivity contribution < 1.29 is 0 Å². The van der Waals surface area contributed by atoms with Crippen molar-refractivity contribution in [1.29, 1.82) is 0 Å². The van der Waals surface area contributed by atoms with Gasteiger partial charge in [-0.2, -0.15) is 5.10 Å². The molecule has 3 aromatic carbocycles. The van der Waals surface area contributed by atoms with Crippen molar-refractivity contribution in [2.75, 3.05) is 6.54 Å². The number of para-hydroxylation sites is 1. The molecule has 4 nitrogen and oxygen atoms in total. The molecule has 0 bridgehead atoms. The molecular weight excluding hydrogens is 428 g/mol. The highest BCUT2D eigenvalue weighted by Crippen LogP contribution is 2.32. The average Bonchev–Trinajstić information content (AvgIpc) is 3.22. The summed E-state index contributed by atoms with van der Waals surface area (Å²) in [7, 11) is 0. The molecule has 0 atom stereocenters. The molecule has 0 spiro atoms. The highest BCUT2D eigenvalue weighted by Gasteiger charge is 2.22. The van der Waals surface area contributed by atoms with Crippen molar-refractivity contribution in [1.82, 2.24) is 19.7 Å². The van der Waals surface area contributed by atoms with E-state index in [-0.39, 0.29) is 0 Å². The fraction of sp³-hybridized carbons (Fsp3) is 0.143. The largest absolute Gasteiger partial charge is 0.294 e. The van der Waals surface area contributed by atoms with E-state index in [1.165, 1.54) is 16.8 Å². The summed E-state index contributed by atoms with van der Waals surface area (Å²) in [5, 5.41) is 6.81. The van der Waals surface area contributed by atoms with Gasteiger partial charge in [0.05, 0.1) is 5.69 Å². The average molecular weight is 451 g/mol. The summed E-state index contributed by atoms with van der Waals surface area (Å²) in [4.78, 5) is 7.64. The fourth-order valence-electron chi connectivity index (χ4n) is 4.60. The molecule has 3 heterocycles. The maximum absolute atomic E-state index is 6.15. The first-order chi connectivity index (χ1) is 16.2. The summed E-state index contributed by atoms with van der Waals surface area (Å²) in [5.41, 5.74) is 7.68. The topological polar surface area (TPSA) is 34.0 Å². The zero-order valence-electron chi connectivity index (χ0n) is 18.2. The van der Waals surface area contributed by atoms with E-state index in [0.717, 1.165) is 59.1 Å². The summed E-state index contributed by atoms with van der Waals surface area (Å²) >= 11 is 6.15. The van der Waals surface area contributed by atoms with Crippen LogP contribution in [0.1, 0.15) is 16.8 Å². The number of rotatable bonds is 4. The predicted molar refractivity (Wildman–Crippen MR) is 134 cm³/mol. The van der Waals surface area contributed by atoms with Crippen LogP contribution in [0.3, 0.4) is 0 Å². The highest BCUT2D eigenvalue weighted by atomic mass is 35.5. The first kappa shape index (κ1) is 20.2.